The predicted octanol–water partition coefficient (Wildman–Crippen LogP) is 3.92. The molecule has 0 fully saturated rings. The topological polar surface area (TPSA) is 85.2 Å². The van der Waals surface area contributed by atoms with E-state index in [-0.39, 0.29) is 17.0 Å². The van der Waals surface area contributed by atoms with Gasteiger partial charge in [0.25, 0.3) is 5.91 Å². The van der Waals surface area contributed by atoms with Gasteiger partial charge in [0, 0.05) is 16.4 Å². The molecule has 5 nitrogen and oxygen atoms in total. The third-order valence-corrected chi connectivity index (χ3v) is 3.95. The van der Waals surface area contributed by atoms with Crippen molar-refractivity contribution in [2.75, 3.05) is 10.6 Å². The summed E-state index contributed by atoms with van der Waals surface area (Å²) in [6.45, 7) is 1.94. The van der Waals surface area contributed by atoms with Gasteiger partial charge in [-0.2, -0.15) is 5.26 Å². The van der Waals surface area contributed by atoms with E-state index in [0.29, 0.717) is 0 Å². The Morgan fingerprint density at radius 1 is 1.30 bits per heavy atom. The predicted molar refractivity (Wildman–Crippen MR) is 92.9 cm³/mol. The average molecular weight is 372 g/mol. The number of carbonyl (C=O) groups is 1. The van der Waals surface area contributed by atoms with Gasteiger partial charge in [0.05, 0.1) is 5.69 Å². The number of halogens is 1. The Bertz CT molecular complexity index is 810. The molecule has 0 aliphatic rings. The van der Waals surface area contributed by atoms with Gasteiger partial charge in [-0.25, -0.2) is 0 Å². The summed E-state index contributed by atoms with van der Waals surface area (Å²) in [5.41, 5.74) is 1.93. The Morgan fingerprint density at radius 3 is 2.70 bits per heavy atom. The molecule has 3 N–H and O–H groups in total. The molecule has 0 atom stereocenters. The molecule has 2 aromatic carbocycles. The first kappa shape index (κ1) is 16.6. The summed E-state index contributed by atoms with van der Waals surface area (Å²) in [6.07, 6.45) is 1.33. The Hall–Kier alpha value is -2.78. The van der Waals surface area contributed by atoms with Crippen molar-refractivity contribution >= 4 is 33.2 Å². The zero-order valence-electron chi connectivity index (χ0n) is 12.3. The van der Waals surface area contributed by atoms with Crippen LogP contribution in [0.25, 0.3) is 0 Å². The van der Waals surface area contributed by atoms with Crippen LogP contribution < -0.4 is 10.6 Å². The minimum Gasteiger partial charge on any atom is -0.506 e. The Labute approximate surface area is 142 Å². The van der Waals surface area contributed by atoms with Crippen LogP contribution in [-0.4, -0.2) is 11.0 Å². The molecule has 6 heteroatoms. The first-order chi connectivity index (χ1) is 11.0. The lowest BCUT2D eigenvalue weighted by molar-refractivity contribution is -0.112. The molecule has 116 valence electrons. The van der Waals surface area contributed by atoms with E-state index in [9.17, 15) is 9.90 Å². The van der Waals surface area contributed by atoms with Gasteiger partial charge in [-0.1, -0.05) is 28.1 Å². The number of benzene rings is 2. The second-order valence-corrected chi connectivity index (χ2v) is 5.60. The third-order valence-electron chi connectivity index (χ3n) is 3.06. The van der Waals surface area contributed by atoms with E-state index in [4.69, 9.17) is 5.26 Å². The van der Waals surface area contributed by atoms with E-state index >= 15 is 0 Å². The molecule has 0 aliphatic heterocycles. The van der Waals surface area contributed by atoms with E-state index < -0.39 is 5.91 Å². The molecule has 0 aliphatic carbocycles. The zero-order valence-corrected chi connectivity index (χ0v) is 13.9. The first-order valence-corrected chi connectivity index (χ1v) is 7.53. The Kier molecular flexibility index (Phi) is 5.39. The third kappa shape index (κ3) is 4.34. The molecule has 0 saturated heterocycles. The highest BCUT2D eigenvalue weighted by atomic mass is 79.9. The number of nitriles is 1. The number of phenolic OH excluding ortho intramolecular Hbond substituents is 1. The molecule has 0 radical (unpaired) electrons. The Balaban J connectivity index is 2.12. The van der Waals surface area contributed by atoms with Gasteiger partial charge in [0.1, 0.15) is 17.4 Å². The number of para-hydroxylation sites is 2. The summed E-state index contributed by atoms with van der Waals surface area (Å²) in [5.74, 6) is -0.662. The fourth-order valence-corrected chi connectivity index (χ4v) is 2.05. The van der Waals surface area contributed by atoms with Gasteiger partial charge in [0.15, 0.2) is 0 Å². The first-order valence-electron chi connectivity index (χ1n) is 6.73. The number of nitrogens with one attached hydrogen (secondary N) is 2. The monoisotopic (exact) mass is 371 g/mol. The summed E-state index contributed by atoms with van der Waals surface area (Å²) in [4.78, 5) is 12.1. The maximum absolute atomic E-state index is 12.1. The second-order valence-electron chi connectivity index (χ2n) is 4.75. The standard InChI is InChI=1S/C17H14BrN3O2/c1-11-8-13(6-7-14(11)18)20-10-12(9-19)17(23)21-15-4-2-3-5-16(15)22/h2-8,10,20,22H,1H3,(H,21,23)/b12-10-. The average Bonchev–Trinajstić information content (AvgIpc) is 2.53. The van der Waals surface area contributed by atoms with Crippen molar-refractivity contribution in [3.05, 3.63) is 64.3 Å². The molecule has 2 rings (SSSR count). The van der Waals surface area contributed by atoms with E-state index in [2.05, 4.69) is 26.6 Å². The van der Waals surface area contributed by atoms with Gasteiger partial charge in [-0.3, -0.25) is 4.79 Å². The number of carbonyl (C=O) groups excluding carboxylic acids is 1. The molecule has 0 unspecified atom stereocenters. The summed E-state index contributed by atoms with van der Waals surface area (Å²) >= 11 is 3.41. The highest BCUT2D eigenvalue weighted by molar-refractivity contribution is 9.10. The smallest absolute Gasteiger partial charge is 0.267 e. The minimum atomic E-state index is -0.602. The fourth-order valence-electron chi connectivity index (χ4n) is 1.81. The maximum atomic E-state index is 12.1. The van der Waals surface area contributed by atoms with Crippen LogP contribution in [0.4, 0.5) is 11.4 Å². The second kappa shape index (κ2) is 7.47. The number of aromatic hydroxyl groups is 1. The van der Waals surface area contributed by atoms with E-state index in [1.807, 2.05) is 31.2 Å². The van der Waals surface area contributed by atoms with Crippen LogP contribution in [0.2, 0.25) is 0 Å². The molecule has 23 heavy (non-hydrogen) atoms. The molecule has 0 aromatic heterocycles. The van der Waals surface area contributed by atoms with Crippen LogP contribution in [0.1, 0.15) is 5.56 Å². The van der Waals surface area contributed by atoms with Crippen molar-refractivity contribution in [3.8, 4) is 11.8 Å². The van der Waals surface area contributed by atoms with Crippen molar-refractivity contribution in [3.63, 3.8) is 0 Å². The lowest BCUT2D eigenvalue weighted by Gasteiger charge is -2.07. The van der Waals surface area contributed by atoms with Gasteiger partial charge >= 0.3 is 0 Å². The van der Waals surface area contributed by atoms with Gasteiger partial charge in [-0.05, 0) is 42.8 Å². The van der Waals surface area contributed by atoms with E-state index in [1.165, 1.54) is 12.3 Å². The minimum absolute atomic E-state index is 0.0605. The quantitative estimate of drug-likeness (QED) is 0.431. The highest BCUT2D eigenvalue weighted by Crippen LogP contribution is 2.22. The van der Waals surface area contributed by atoms with E-state index in [1.54, 1.807) is 18.2 Å². The van der Waals surface area contributed by atoms with Gasteiger partial charge < -0.3 is 15.7 Å². The Morgan fingerprint density at radius 2 is 2.04 bits per heavy atom. The lowest BCUT2D eigenvalue weighted by Crippen LogP contribution is -2.14. The van der Waals surface area contributed by atoms with Crippen molar-refractivity contribution < 1.29 is 9.90 Å². The summed E-state index contributed by atoms with van der Waals surface area (Å²) < 4.78 is 0.977. The van der Waals surface area contributed by atoms with Crippen LogP contribution in [-0.2, 0) is 4.79 Å². The largest absolute Gasteiger partial charge is 0.506 e. The van der Waals surface area contributed by atoms with Gasteiger partial charge in [0.2, 0.25) is 0 Å². The van der Waals surface area contributed by atoms with Crippen LogP contribution >= 0.6 is 15.9 Å². The summed E-state index contributed by atoms with van der Waals surface area (Å²) in [6, 6.07) is 13.7. The number of hydrogen-bond acceptors (Lipinski definition) is 4. The van der Waals surface area contributed by atoms with Crippen LogP contribution in [0, 0.1) is 18.3 Å². The van der Waals surface area contributed by atoms with Crippen molar-refractivity contribution in [1.29, 1.82) is 5.26 Å². The van der Waals surface area contributed by atoms with Crippen molar-refractivity contribution in [1.82, 2.24) is 0 Å². The number of hydrogen-bond donors (Lipinski definition) is 3. The number of rotatable bonds is 4. The molecular formula is C17H14BrN3O2. The molecule has 0 saturated carbocycles. The number of phenols is 1. The molecular weight excluding hydrogens is 358 g/mol. The molecule has 0 bridgehead atoms. The molecule has 2 aromatic rings. The van der Waals surface area contributed by atoms with Gasteiger partial charge in [-0.15, -0.1) is 0 Å². The summed E-state index contributed by atoms with van der Waals surface area (Å²) in [7, 11) is 0. The SMILES string of the molecule is Cc1cc(N/C=C(/C#N)C(=O)Nc2ccccc2O)ccc1Br. The molecule has 0 spiro atoms. The number of nitrogens with zero attached hydrogens (tertiary/aromatic N) is 1. The highest BCUT2D eigenvalue weighted by Gasteiger charge is 2.11. The van der Waals surface area contributed by atoms with Crippen LogP contribution in [0.5, 0.6) is 5.75 Å². The zero-order chi connectivity index (χ0) is 16.8. The summed E-state index contributed by atoms with van der Waals surface area (Å²) in [5, 5.41) is 24.2. The molecule has 0 heterocycles. The van der Waals surface area contributed by atoms with Crippen molar-refractivity contribution in [2.45, 2.75) is 6.92 Å². The lowest BCUT2D eigenvalue weighted by atomic mass is 10.2. The maximum Gasteiger partial charge on any atom is 0.267 e. The number of amides is 1. The normalized spacial score (nSPS) is 10.7. The molecule has 1 amide bonds. The van der Waals surface area contributed by atoms with E-state index in [0.717, 1.165) is 15.7 Å². The van der Waals surface area contributed by atoms with Crippen molar-refractivity contribution in [2.24, 2.45) is 0 Å². The number of aryl methyl sites for hydroxylation is 1. The van der Waals surface area contributed by atoms with Crippen LogP contribution in [0.15, 0.2) is 58.7 Å². The van der Waals surface area contributed by atoms with Crippen LogP contribution in [0.3, 0.4) is 0 Å². The number of anilines is 2. The fraction of sp³-hybridized carbons (Fsp3) is 0.0588.